The van der Waals surface area contributed by atoms with E-state index in [9.17, 15) is 4.79 Å². The summed E-state index contributed by atoms with van der Waals surface area (Å²) in [6, 6.07) is 1.78. The molecule has 2 heterocycles. The first-order valence-corrected chi connectivity index (χ1v) is 6.21. The van der Waals surface area contributed by atoms with Crippen LogP contribution in [0.25, 0.3) is 0 Å². The number of nitrogens with zero attached hydrogens (tertiary/aromatic N) is 1. The van der Waals surface area contributed by atoms with E-state index in [0.29, 0.717) is 16.5 Å². The van der Waals surface area contributed by atoms with Crippen molar-refractivity contribution in [3.05, 3.63) is 16.3 Å². The van der Waals surface area contributed by atoms with Crippen LogP contribution in [0.2, 0.25) is 0 Å². The van der Waals surface area contributed by atoms with E-state index in [1.165, 1.54) is 11.3 Å². The van der Waals surface area contributed by atoms with Crippen molar-refractivity contribution in [2.45, 2.75) is 6.42 Å². The molecule has 1 fully saturated rings. The minimum atomic E-state index is 0.0612. The maximum atomic E-state index is 12.1. The number of nitrogen functional groups attached to an aromatic ring is 1. The van der Waals surface area contributed by atoms with Gasteiger partial charge in [0, 0.05) is 26.1 Å². The van der Waals surface area contributed by atoms with Gasteiger partial charge in [0.1, 0.15) is 4.88 Å². The molecule has 1 aliphatic rings. The van der Waals surface area contributed by atoms with E-state index < -0.39 is 0 Å². The number of likely N-dealkylation sites (tertiary alicyclic amines) is 1. The Balaban J connectivity index is 2.00. The first-order chi connectivity index (χ1) is 7.72. The predicted octanol–water partition coefficient (Wildman–Crippen LogP) is 1.44. The number of anilines is 1. The first-order valence-electron chi connectivity index (χ1n) is 5.33. The Labute approximate surface area is 99.0 Å². The van der Waals surface area contributed by atoms with Gasteiger partial charge in [-0.25, -0.2) is 0 Å². The van der Waals surface area contributed by atoms with Gasteiger partial charge in [0.15, 0.2) is 0 Å². The molecule has 1 atom stereocenters. The highest BCUT2D eigenvalue weighted by atomic mass is 32.1. The van der Waals surface area contributed by atoms with E-state index in [4.69, 9.17) is 10.5 Å². The number of nitrogens with two attached hydrogens (primary N) is 1. The summed E-state index contributed by atoms with van der Waals surface area (Å²) >= 11 is 1.41. The van der Waals surface area contributed by atoms with Crippen LogP contribution in [0.3, 0.4) is 0 Å². The van der Waals surface area contributed by atoms with Crippen LogP contribution in [0.4, 0.5) is 5.69 Å². The normalized spacial score (nSPS) is 20.3. The average Bonchev–Trinajstić information content (AvgIpc) is 2.87. The van der Waals surface area contributed by atoms with Gasteiger partial charge in [0.25, 0.3) is 5.91 Å². The van der Waals surface area contributed by atoms with Gasteiger partial charge in [0.2, 0.25) is 0 Å². The predicted molar refractivity (Wildman–Crippen MR) is 64.6 cm³/mol. The van der Waals surface area contributed by atoms with Crippen LogP contribution in [0, 0.1) is 5.92 Å². The van der Waals surface area contributed by atoms with Gasteiger partial charge in [-0.15, -0.1) is 11.3 Å². The molecule has 4 nitrogen and oxygen atoms in total. The first kappa shape index (κ1) is 11.4. The van der Waals surface area contributed by atoms with Crippen LogP contribution in [-0.2, 0) is 4.74 Å². The third-order valence-corrected chi connectivity index (χ3v) is 3.78. The number of methoxy groups -OCH3 is 1. The molecular formula is C11H16N2O2S. The van der Waals surface area contributed by atoms with Crippen LogP contribution in [-0.4, -0.2) is 37.6 Å². The van der Waals surface area contributed by atoms with Crippen molar-refractivity contribution >= 4 is 22.9 Å². The minimum absolute atomic E-state index is 0.0612. The van der Waals surface area contributed by atoms with Crippen LogP contribution in [0.1, 0.15) is 16.1 Å². The Kier molecular flexibility index (Phi) is 3.46. The van der Waals surface area contributed by atoms with Crippen molar-refractivity contribution < 1.29 is 9.53 Å². The fraction of sp³-hybridized carbons (Fsp3) is 0.545. The zero-order valence-electron chi connectivity index (χ0n) is 9.31. The molecule has 1 amide bonds. The molecule has 16 heavy (non-hydrogen) atoms. The minimum Gasteiger partial charge on any atom is -0.397 e. The summed E-state index contributed by atoms with van der Waals surface area (Å²) < 4.78 is 5.11. The second-order valence-corrected chi connectivity index (χ2v) is 4.98. The van der Waals surface area contributed by atoms with Crippen molar-refractivity contribution in [1.82, 2.24) is 4.90 Å². The second-order valence-electron chi connectivity index (χ2n) is 4.07. The Morgan fingerprint density at radius 1 is 1.75 bits per heavy atom. The van der Waals surface area contributed by atoms with Crippen molar-refractivity contribution in [3.63, 3.8) is 0 Å². The zero-order valence-corrected chi connectivity index (χ0v) is 10.1. The fourth-order valence-electron chi connectivity index (χ4n) is 2.03. The lowest BCUT2D eigenvalue weighted by Crippen LogP contribution is -2.29. The van der Waals surface area contributed by atoms with Gasteiger partial charge in [0.05, 0.1) is 12.3 Å². The van der Waals surface area contributed by atoms with Gasteiger partial charge >= 0.3 is 0 Å². The van der Waals surface area contributed by atoms with E-state index in [-0.39, 0.29) is 5.91 Å². The molecule has 2 rings (SSSR count). The number of hydrogen-bond acceptors (Lipinski definition) is 4. The Morgan fingerprint density at radius 3 is 3.19 bits per heavy atom. The maximum absolute atomic E-state index is 12.1. The molecule has 5 heteroatoms. The van der Waals surface area contributed by atoms with Crippen molar-refractivity contribution in [3.8, 4) is 0 Å². The molecule has 1 aromatic rings. The third-order valence-electron chi connectivity index (χ3n) is 2.87. The Bertz CT molecular complexity index is 378. The van der Waals surface area contributed by atoms with E-state index in [2.05, 4.69) is 0 Å². The van der Waals surface area contributed by atoms with Gasteiger partial charge in [-0.3, -0.25) is 4.79 Å². The molecular weight excluding hydrogens is 224 g/mol. The number of amides is 1. The van der Waals surface area contributed by atoms with Gasteiger partial charge < -0.3 is 15.4 Å². The van der Waals surface area contributed by atoms with Crippen molar-refractivity contribution in [2.75, 3.05) is 32.5 Å². The molecule has 1 saturated heterocycles. The van der Waals surface area contributed by atoms with E-state index >= 15 is 0 Å². The lowest BCUT2D eigenvalue weighted by molar-refractivity contribution is 0.0781. The topological polar surface area (TPSA) is 55.6 Å². The lowest BCUT2D eigenvalue weighted by atomic mass is 10.1. The molecule has 88 valence electrons. The molecule has 0 radical (unpaired) electrons. The summed E-state index contributed by atoms with van der Waals surface area (Å²) in [5, 5.41) is 1.85. The Morgan fingerprint density at radius 2 is 2.56 bits per heavy atom. The highest BCUT2D eigenvalue weighted by Crippen LogP contribution is 2.24. The highest BCUT2D eigenvalue weighted by molar-refractivity contribution is 7.12. The smallest absolute Gasteiger partial charge is 0.266 e. The fourth-order valence-corrected chi connectivity index (χ4v) is 2.81. The molecule has 1 aliphatic heterocycles. The second kappa shape index (κ2) is 4.84. The molecule has 0 aliphatic carbocycles. The lowest BCUT2D eigenvalue weighted by Gasteiger charge is -2.15. The monoisotopic (exact) mass is 240 g/mol. The van der Waals surface area contributed by atoms with Gasteiger partial charge in [-0.05, 0) is 17.9 Å². The zero-order chi connectivity index (χ0) is 11.5. The molecule has 0 aromatic carbocycles. The third kappa shape index (κ3) is 2.20. The van der Waals surface area contributed by atoms with Gasteiger partial charge in [-0.2, -0.15) is 0 Å². The summed E-state index contributed by atoms with van der Waals surface area (Å²) in [5.74, 6) is 0.529. The van der Waals surface area contributed by atoms with E-state index in [1.54, 1.807) is 13.2 Å². The van der Waals surface area contributed by atoms with Crippen LogP contribution in [0.15, 0.2) is 11.4 Å². The highest BCUT2D eigenvalue weighted by Gasteiger charge is 2.28. The average molecular weight is 240 g/mol. The molecule has 1 unspecified atom stereocenters. The number of carbonyl (C=O) groups is 1. The van der Waals surface area contributed by atoms with Crippen LogP contribution in [0.5, 0.6) is 0 Å². The molecule has 0 saturated carbocycles. The van der Waals surface area contributed by atoms with E-state index in [0.717, 1.165) is 26.1 Å². The molecule has 1 aromatic heterocycles. The number of hydrogen-bond donors (Lipinski definition) is 1. The van der Waals surface area contributed by atoms with Gasteiger partial charge in [-0.1, -0.05) is 0 Å². The standard InChI is InChI=1S/C11H16N2O2S/c1-15-7-8-2-4-13(6-8)11(14)10-9(12)3-5-16-10/h3,5,8H,2,4,6-7,12H2,1H3. The largest absolute Gasteiger partial charge is 0.397 e. The summed E-state index contributed by atoms with van der Waals surface area (Å²) in [7, 11) is 1.70. The number of carbonyl (C=O) groups excluding carboxylic acids is 1. The molecule has 2 N–H and O–H groups in total. The molecule has 0 bridgehead atoms. The number of rotatable bonds is 3. The van der Waals surface area contributed by atoms with Crippen molar-refractivity contribution in [2.24, 2.45) is 5.92 Å². The van der Waals surface area contributed by atoms with Crippen LogP contribution >= 0.6 is 11.3 Å². The van der Waals surface area contributed by atoms with E-state index in [1.807, 2.05) is 10.3 Å². The SMILES string of the molecule is COCC1CCN(C(=O)c2sccc2N)C1. The van der Waals surface area contributed by atoms with Crippen molar-refractivity contribution in [1.29, 1.82) is 0 Å². The Hall–Kier alpha value is -1.07. The quantitative estimate of drug-likeness (QED) is 0.869. The summed E-state index contributed by atoms with van der Waals surface area (Å²) in [6.45, 7) is 2.32. The number of thiophene rings is 1. The number of ether oxygens (including phenoxy) is 1. The summed E-state index contributed by atoms with van der Waals surface area (Å²) in [4.78, 5) is 14.6. The summed E-state index contributed by atoms with van der Waals surface area (Å²) in [5.41, 5.74) is 6.33. The van der Waals surface area contributed by atoms with Crippen LogP contribution < -0.4 is 5.73 Å². The molecule has 0 spiro atoms. The maximum Gasteiger partial charge on any atom is 0.266 e. The summed E-state index contributed by atoms with van der Waals surface area (Å²) in [6.07, 6.45) is 1.02.